The second kappa shape index (κ2) is 8.43. The number of benzene rings is 1. The Kier molecular flexibility index (Phi) is 5.88. The number of alkyl halides is 3. The summed E-state index contributed by atoms with van der Waals surface area (Å²) < 4.78 is 46.2. The normalized spacial score (nSPS) is 30.2. The summed E-state index contributed by atoms with van der Waals surface area (Å²) in [7, 11) is 0. The summed E-state index contributed by atoms with van der Waals surface area (Å²) in [5.74, 6) is -0.0761. The molecule has 5 nitrogen and oxygen atoms in total. The third kappa shape index (κ3) is 4.11. The zero-order chi connectivity index (χ0) is 21.3. The summed E-state index contributed by atoms with van der Waals surface area (Å²) in [6.07, 6.45) is 4.58. The van der Waals surface area contributed by atoms with Crippen molar-refractivity contribution >= 4 is 11.6 Å². The maximum absolute atomic E-state index is 13.3. The SMILES string of the molecule is NCCNC(=O)[C@H]1CC[C@@H]2[C@H](O1)c1cc(C(F)(F)F)ccc1N[C@H]2C1C=CC=CC1. The number of hydrogen-bond donors (Lipinski definition) is 3. The third-order valence-electron chi connectivity index (χ3n) is 6.14. The Labute approximate surface area is 173 Å². The molecule has 0 bridgehead atoms. The summed E-state index contributed by atoms with van der Waals surface area (Å²) in [4.78, 5) is 12.4. The molecule has 1 aromatic carbocycles. The van der Waals surface area contributed by atoms with Crippen LogP contribution in [0.4, 0.5) is 18.9 Å². The van der Waals surface area contributed by atoms with Gasteiger partial charge in [0.2, 0.25) is 5.91 Å². The lowest BCUT2D eigenvalue weighted by atomic mass is 9.73. The Hall–Kier alpha value is -2.32. The Balaban J connectivity index is 1.66. The van der Waals surface area contributed by atoms with E-state index in [4.69, 9.17) is 10.5 Å². The number of amides is 1. The first-order valence-corrected chi connectivity index (χ1v) is 10.3. The fraction of sp³-hybridized carbons (Fsp3) is 0.500. The van der Waals surface area contributed by atoms with E-state index in [2.05, 4.69) is 22.8 Å². The molecule has 1 aromatic rings. The first kappa shape index (κ1) is 20.9. The van der Waals surface area contributed by atoms with Gasteiger partial charge >= 0.3 is 6.18 Å². The van der Waals surface area contributed by atoms with Crippen molar-refractivity contribution in [2.24, 2.45) is 17.6 Å². The molecule has 2 aliphatic heterocycles. The average molecular weight is 421 g/mol. The Morgan fingerprint density at radius 3 is 2.80 bits per heavy atom. The molecule has 0 radical (unpaired) electrons. The molecule has 1 saturated heterocycles. The van der Waals surface area contributed by atoms with Crippen molar-refractivity contribution in [2.45, 2.75) is 43.7 Å². The minimum Gasteiger partial charge on any atom is -0.381 e. The zero-order valence-corrected chi connectivity index (χ0v) is 16.5. The van der Waals surface area contributed by atoms with Gasteiger partial charge in [-0.2, -0.15) is 13.2 Å². The van der Waals surface area contributed by atoms with Gasteiger partial charge in [0.25, 0.3) is 0 Å². The summed E-state index contributed by atoms with van der Waals surface area (Å²) in [6, 6.07) is 3.75. The number of rotatable bonds is 4. The number of carbonyl (C=O) groups excluding carboxylic acids is 1. The van der Waals surface area contributed by atoms with Gasteiger partial charge < -0.3 is 21.1 Å². The molecule has 0 saturated carbocycles. The van der Waals surface area contributed by atoms with Gasteiger partial charge in [0, 0.05) is 42.2 Å². The van der Waals surface area contributed by atoms with Crippen LogP contribution in [0.5, 0.6) is 0 Å². The predicted octanol–water partition coefficient (Wildman–Crippen LogP) is 3.54. The van der Waals surface area contributed by atoms with Crippen LogP contribution in [0.2, 0.25) is 0 Å². The van der Waals surface area contributed by atoms with Gasteiger partial charge in [0.05, 0.1) is 11.7 Å². The molecule has 0 spiro atoms. The van der Waals surface area contributed by atoms with Crippen LogP contribution in [0, 0.1) is 11.8 Å². The molecule has 162 valence electrons. The topological polar surface area (TPSA) is 76.4 Å². The monoisotopic (exact) mass is 421 g/mol. The second-order valence-electron chi connectivity index (χ2n) is 8.05. The maximum atomic E-state index is 13.3. The summed E-state index contributed by atoms with van der Waals surface area (Å²) >= 11 is 0. The van der Waals surface area contributed by atoms with Crippen LogP contribution in [-0.2, 0) is 15.7 Å². The van der Waals surface area contributed by atoms with Crippen LogP contribution < -0.4 is 16.4 Å². The summed E-state index contributed by atoms with van der Waals surface area (Å²) in [5, 5.41) is 6.20. The fourth-order valence-electron chi connectivity index (χ4n) is 4.70. The van der Waals surface area contributed by atoms with E-state index in [0.29, 0.717) is 37.2 Å². The minimum absolute atomic E-state index is 0.0217. The second-order valence-corrected chi connectivity index (χ2v) is 8.05. The van der Waals surface area contributed by atoms with E-state index < -0.39 is 23.9 Å². The van der Waals surface area contributed by atoms with E-state index in [1.165, 1.54) is 6.07 Å². The standard InChI is InChI=1S/C22H26F3N3O2/c23-22(24,25)14-6-8-17-16(12-14)20-15(19(28-17)13-4-2-1-3-5-13)7-9-18(30-20)21(29)27-11-10-26/h1-4,6,8,12-13,15,18-20,28H,5,7,9-11,26H2,(H,27,29)/t13?,15-,18+,19-,20-/m0/s1. The molecule has 8 heteroatoms. The van der Waals surface area contributed by atoms with Gasteiger partial charge in [-0.1, -0.05) is 24.3 Å². The van der Waals surface area contributed by atoms with Crippen LogP contribution >= 0.6 is 0 Å². The highest BCUT2D eigenvalue weighted by Gasteiger charge is 2.46. The van der Waals surface area contributed by atoms with Crippen molar-refractivity contribution in [3.05, 3.63) is 53.6 Å². The fourth-order valence-corrected chi connectivity index (χ4v) is 4.70. The molecular formula is C22H26F3N3O2. The maximum Gasteiger partial charge on any atom is 0.416 e. The number of hydrogen-bond acceptors (Lipinski definition) is 4. The van der Waals surface area contributed by atoms with Crippen molar-refractivity contribution in [2.75, 3.05) is 18.4 Å². The van der Waals surface area contributed by atoms with Gasteiger partial charge in [-0.3, -0.25) is 4.79 Å². The van der Waals surface area contributed by atoms with Crippen molar-refractivity contribution in [3.63, 3.8) is 0 Å². The van der Waals surface area contributed by atoms with Gasteiger partial charge in [-0.15, -0.1) is 0 Å². The summed E-state index contributed by atoms with van der Waals surface area (Å²) in [6.45, 7) is 0.654. The number of carbonyl (C=O) groups is 1. The average Bonchev–Trinajstić information content (AvgIpc) is 2.76. The zero-order valence-electron chi connectivity index (χ0n) is 16.5. The first-order chi connectivity index (χ1) is 14.4. The number of ether oxygens (including phenoxy) is 1. The molecule has 1 amide bonds. The molecule has 1 fully saturated rings. The van der Waals surface area contributed by atoms with Crippen LogP contribution in [-0.4, -0.2) is 31.1 Å². The van der Waals surface area contributed by atoms with Gasteiger partial charge in [-0.05, 0) is 37.5 Å². The molecule has 0 aromatic heterocycles. The Morgan fingerprint density at radius 2 is 2.10 bits per heavy atom. The highest BCUT2D eigenvalue weighted by molar-refractivity contribution is 5.81. The Bertz CT molecular complexity index is 853. The van der Waals surface area contributed by atoms with E-state index >= 15 is 0 Å². The van der Waals surface area contributed by atoms with E-state index in [9.17, 15) is 18.0 Å². The van der Waals surface area contributed by atoms with E-state index in [0.717, 1.165) is 18.6 Å². The molecule has 30 heavy (non-hydrogen) atoms. The minimum atomic E-state index is -4.44. The van der Waals surface area contributed by atoms with Crippen LogP contribution in [0.15, 0.2) is 42.5 Å². The van der Waals surface area contributed by atoms with Crippen molar-refractivity contribution in [1.29, 1.82) is 0 Å². The van der Waals surface area contributed by atoms with Crippen molar-refractivity contribution in [1.82, 2.24) is 5.32 Å². The van der Waals surface area contributed by atoms with E-state index in [-0.39, 0.29) is 23.8 Å². The van der Waals surface area contributed by atoms with Crippen LogP contribution in [0.25, 0.3) is 0 Å². The van der Waals surface area contributed by atoms with Crippen LogP contribution in [0.3, 0.4) is 0 Å². The lowest BCUT2D eigenvalue weighted by molar-refractivity contribution is -0.150. The van der Waals surface area contributed by atoms with Gasteiger partial charge in [-0.25, -0.2) is 0 Å². The number of nitrogens with two attached hydrogens (primary N) is 1. The molecule has 3 aliphatic rings. The first-order valence-electron chi connectivity index (χ1n) is 10.3. The Morgan fingerprint density at radius 1 is 1.27 bits per heavy atom. The molecule has 2 heterocycles. The number of fused-ring (bicyclic) bond motifs is 3. The van der Waals surface area contributed by atoms with Crippen molar-refractivity contribution in [3.8, 4) is 0 Å². The lowest BCUT2D eigenvalue weighted by Crippen LogP contribution is -2.50. The van der Waals surface area contributed by atoms with E-state index in [1.807, 2.05) is 12.2 Å². The lowest BCUT2D eigenvalue weighted by Gasteiger charge is -2.47. The molecule has 4 N–H and O–H groups in total. The number of halogens is 3. The molecule has 4 rings (SSSR count). The highest BCUT2D eigenvalue weighted by Crippen LogP contribution is 2.49. The van der Waals surface area contributed by atoms with Crippen molar-refractivity contribution < 1.29 is 22.7 Å². The van der Waals surface area contributed by atoms with E-state index in [1.54, 1.807) is 0 Å². The predicted molar refractivity (Wildman–Crippen MR) is 108 cm³/mol. The highest BCUT2D eigenvalue weighted by atomic mass is 19.4. The number of nitrogens with one attached hydrogen (secondary N) is 2. The molecule has 1 aliphatic carbocycles. The molecule has 5 atom stereocenters. The number of anilines is 1. The summed E-state index contributed by atoms with van der Waals surface area (Å²) in [5.41, 5.74) is 5.85. The van der Waals surface area contributed by atoms with Gasteiger partial charge in [0.15, 0.2) is 0 Å². The smallest absolute Gasteiger partial charge is 0.381 e. The van der Waals surface area contributed by atoms with Crippen LogP contribution in [0.1, 0.15) is 36.5 Å². The molecule has 1 unspecified atom stereocenters. The largest absolute Gasteiger partial charge is 0.416 e. The molecular weight excluding hydrogens is 395 g/mol. The number of allylic oxidation sites excluding steroid dienone is 3. The van der Waals surface area contributed by atoms with Gasteiger partial charge in [0.1, 0.15) is 6.10 Å². The quantitative estimate of drug-likeness (QED) is 0.695. The third-order valence-corrected chi connectivity index (χ3v) is 6.14.